The minimum absolute atomic E-state index is 0.201. The Morgan fingerprint density at radius 2 is 1.70 bits per heavy atom. The van der Waals surface area contributed by atoms with Crippen LogP contribution in [-0.2, 0) is 4.74 Å². The SMILES string of the molecule is CC(C)(C)Nc1cc(-c2ccccc2)nn1C(=O)OC(C)(C)C. The Labute approximate surface area is 137 Å². The highest BCUT2D eigenvalue weighted by Crippen LogP contribution is 2.24. The molecule has 0 unspecified atom stereocenters. The van der Waals surface area contributed by atoms with Crippen molar-refractivity contribution in [1.29, 1.82) is 0 Å². The van der Waals surface area contributed by atoms with Gasteiger partial charge in [-0.3, -0.25) is 0 Å². The molecule has 0 saturated heterocycles. The summed E-state index contributed by atoms with van der Waals surface area (Å²) in [5.41, 5.74) is 0.901. The Morgan fingerprint density at radius 1 is 1.09 bits per heavy atom. The molecule has 1 heterocycles. The molecule has 23 heavy (non-hydrogen) atoms. The summed E-state index contributed by atoms with van der Waals surface area (Å²) in [7, 11) is 0. The standard InChI is InChI=1S/C18H25N3O2/c1-17(2,3)19-15-12-14(13-10-8-7-9-11-13)20-21(15)16(22)23-18(4,5)6/h7-12,19H,1-6H3. The van der Waals surface area contributed by atoms with Crippen molar-refractivity contribution in [2.24, 2.45) is 0 Å². The largest absolute Gasteiger partial charge is 0.442 e. The van der Waals surface area contributed by atoms with Crippen LogP contribution in [0.3, 0.4) is 0 Å². The molecule has 0 aliphatic heterocycles. The van der Waals surface area contributed by atoms with Crippen molar-refractivity contribution in [3.05, 3.63) is 36.4 Å². The first-order valence-corrected chi connectivity index (χ1v) is 7.72. The third kappa shape index (κ3) is 4.84. The third-order valence-corrected chi connectivity index (χ3v) is 2.85. The predicted octanol–water partition coefficient (Wildman–Crippen LogP) is 4.54. The highest BCUT2D eigenvalue weighted by Gasteiger charge is 2.24. The Balaban J connectivity index is 2.42. The Bertz CT molecular complexity index is 677. The van der Waals surface area contributed by atoms with Gasteiger partial charge in [-0.05, 0) is 41.5 Å². The van der Waals surface area contributed by atoms with Crippen molar-refractivity contribution >= 4 is 11.9 Å². The first-order chi connectivity index (χ1) is 10.6. The van der Waals surface area contributed by atoms with Gasteiger partial charge >= 0.3 is 6.09 Å². The van der Waals surface area contributed by atoms with Crippen LogP contribution in [0, 0.1) is 0 Å². The lowest BCUT2D eigenvalue weighted by molar-refractivity contribution is 0.0518. The van der Waals surface area contributed by atoms with Gasteiger partial charge in [0.25, 0.3) is 0 Å². The number of nitrogens with zero attached hydrogens (tertiary/aromatic N) is 2. The molecule has 1 N–H and O–H groups in total. The quantitative estimate of drug-likeness (QED) is 0.883. The molecule has 0 fully saturated rings. The van der Waals surface area contributed by atoms with E-state index < -0.39 is 11.7 Å². The van der Waals surface area contributed by atoms with E-state index in [1.807, 2.05) is 77.9 Å². The zero-order valence-electron chi connectivity index (χ0n) is 14.7. The second kappa shape index (κ2) is 6.07. The van der Waals surface area contributed by atoms with Crippen LogP contribution in [0.25, 0.3) is 11.3 Å². The van der Waals surface area contributed by atoms with Gasteiger partial charge in [0.1, 0.15) is 11.4 Å². The summed E-state index contributed by atoms with van der Waals surface area (Å²) in [4.78, 5) is 12.4. The number of carbonyl (C=O) groups is 1. The smallest absolute Gasteiger partial charge is 0.437 e. The second-order valence-electron chi connectivity index (χ2n) is 7.55. The van der Waals surface area contributed by atoms with Gasteiger partial charge in [-0.2, -0.15) is 5.10 Å². The number of aromatic nitrogens is 2. The van der Waals surface area contributed by atoms with Crippen LogP contribution in [0.2, 0.25) is 0 Å². The number of benzene rings is 1. The molecule has 5 heteroatoms. The summed E-state index contributed by atoms with van der Waals surface area (Å²) in [5.74, 6) is 0.616. The second-order valence-corrected chi connectivity index (χ2v) is 7.55. The van der Waals surface area contributed by atoms with E-state index in [0.717, 1.165) is 11.3 Å². The fraction of sp³-hybridized carbons (Fsp3) is 0.444. The number of anilines is 1. The first-order valence-electron chi connectivity index (χ1n) is 7.72. The van der Waals surface area contributed by atoms with Crippen LogP contribution in [0.5, 0.6) is 0 Å². The van der Waals surface area contributed by atoms with Crippen LogP contribution in [-0.4, -0.2) is 27.0 Å². The first kappa shape index (κ1) is 17.1. The van der Waals surface area contributed by atoms with Crippen LogP contribution in [0.15, 0.2) is 36.4 Å². The lowest BCUT2D eigenvalue weighted by Crippen LogP contribution is -2.32. The molecule has 2 aromatic rings. The Morgan fingerprint density at radius 3 is 2.22 bits per heavy atom. The average Bonchev–Trinajstić information content (AvgIpc) is 2.79. The van der Waals surface area contributed by atoms with Crippen molar-refractivity contribution in [2.75, 3.05) is 5.32 Å². The number of ether oxygens (including phenoxy) is 1. The number of carbonyl (C=O) groups excluding carboxylic acids is 1. The third-order valence-electron chi connectivity index (χ3n) is 2.85. The molecule has 0 atom stereocenters. The van der Waals surface area contributed by atoms with Crippen molar-refractivity contribution < 1.29 is 9.53 Å². The van der Waals surface area contributed by atoms with Gasteiger partial charge in [0.15, 0.2) is 0 Å². The van der Waals surface area contributed by atoms with Crippen molar-refractivity contribution in [2.45, 2.75) is 52.7 Å². The molecule has 0 amide bonds. The lowest BCUT2D eigenvalue weighted by atomic mass is 10.1. The van der Waals surface area contributed by atoms with Gasteiger partial charge in [-0.1, -0.05) is 30.3 Å². The summed E-state index contributed by atoms with van der Waals surface area (Å²) < 4.78 is 6.74. The van der Waals surface area contributed by atoms with E-state index in [1.165, 1.54) is 4.68 Å². The van der Waals surface area contributed by atoms with E-state index in [2.05, 4.69) is 10.4 Å². The van der Waals surface area contributed by atoms with Crippen molar-refractivity contribution in [3.63, 3.8) is 0 Å². The molecule has 1 aromatic carbocycles. The molecule has 0 aliphatic rings. The highest BCUT2D eigenvalue weighted by molar-refractivity contribution is 5.77. The summed E-state index contributed by atoms with van der Waals surface area (Å²) in [6, 6.07) is 11.6. The van der Waals surface area contributed by atoms with Crippen molar-refractivity contribution in [3.8, 4) is 11.3 Å². The number of nitrogens with one attached hydrogen (secondary N) is 1. The maximum atomic E-state index is 12.4. The maximum absolute atomic E-state index is 12.4. The minimum Gasteiger partial charge on any atom is -0.442 e. The lowest BCUT2D eigenvalue weighted by Gasteiger charge is -2.23. The van der Waals surface area contributed by atoms with Gasteiger partial charge in [0.05, 0.1) is 5.69 Å². The zero-order chi connectivity index (χ0) is 17.3. The molecule has 0 saturated carbocycles. The summed E-state index contributed by atoms with van der Waals surface area (Å²) in [6.07, 6.45) is -0.494. The van der Waals surface area contributed by atoms with Gasteiger partial charge in [0, 0.05) is 17.2 Å². The molecule has 1 aromatic heterocycles. The molecule has 0 radical (unpaired) electrons. The molecular weight excluding hydrogens is 290 g/mol. The molecule has 0 bridgehead atoms. The molecule has 0 spiro atoms. The monoisotopic (exact) mass is 315 g/mol. The topological polar surface area (TPSA) is 56.2 Å². The fourth-order valence-corrected chi connectivity index (χ4v) is 2.05. The molecule has 0 aliphatic carbocycles. The van der Waals surface area contributed by atoms with Crippen LogP contribution in [0.1, 0.15) is 41.5 Å². The number of hydrogen-bond donors (Lipinski definition) is 1. The molecule has 2 rings (SSSR count). The van der Waals surface area contributed by atoms with Gasteiger partial charge in [-0.15, -0.1) is 4.68 Å². The Kier molecular flexibility index (Phi) is 4.50. The molecular formula is C18H25N3O2. The molecule has 5 nitrogen and oxygen atoms in total. The number of rotatable bonds is 2. The van der Waals surface area contributed by atoms with E-state index >= 15 is 0 Å². The van der Waals surface area contributed by atoms with E-state index in [1.54, 1.807) is 0 Å². The summed E-state index contributed by atoms with van der Waals surface area (Å²) in [6.45, 7) is 11.6. The fourth-order valence-electron chi connectivity index (χ4n) is 2.05. The summed E-state index contributed by atoms with van der Waals surface area (Å²) in [5, 5.41) is 7.73. The van der Waals surface area contributed by atoms with Gasteiger partial charge in [0.2, 0.25) is 0 Å². The predicted molar refractivity (Wildman–Crippen MR) is 92.7 cm³/mol. The van der Waals surface area contributed by atoms with Gasteiger partial charge < -0.3 is 10.1 Å². The van der Waals surface area contributed by atoms with E-state index in [-0.39, 0.29) is 5.54 Å². The summed E-state index contributed by atoms with van der Waals surface area (Å²) >= 11 is 0. The zero-order valence-corrected chi connectivity index (χ0v) is 14.7. The van der Waals surface area contributed by atoms with Gasteiger partial charge in [-0.25, -0.2) is 4.79 Å². The minimum atomic E-state index is -0.574. The average molecular weight is 315 g/mol. The van der Waals surface area contributed by atoms with E-state index in [0.29, 0.717) is 5.82 Å². The maximum Gasteiger partial charge on any atom is 0.437 e. The number of hydrogen-bond acceptors (Lipinski definition) is 4. The van der Waals surface area contributed by atoms with E-state index in [9.17, 15) is 4.79 Å². The van der Waals surface area contributed by atoms with Crippen LogP contribution >= 0.6 is 0 Å². The van der Waals surface area contributed by atoms with Crippen molar-refractivity contribution in [1.82, 2.24) is 9.78 Å². The van der Waals surface area contributed by atoms with Crippen LogP contribution in [0.4, 0.5) is 10.6 Å². The highest BCUT2D eigenvalue weighted by atomic mass is 16.6. The molecule has 124 valence electrons. The van der Waals surface area contributed by atoms with E-state index in [4.69, 9.17) is 4.74 Å². The normalized spacial score (nSPS) is 12.1. The Hall–Kier alpha value is -2.30. The van der Waals surface area contributed by atoms with Crippen LogP contribution < -0.4 is 5.32 Å².